The van der Waals surface area contributed by atoms with Crippen molar-refractivity contribution < 1.29 is 0 Å². The molecule has 5 N–H and O–H groups in total. The molecule has 0 radical (unpaired) electrons. The highest BCUT2D eigenvalue weighted by molar-refractivity contribution is 5.81. The Morgan fingerprint density at radius 1 is 1.26 bits per heavy atom. The Bertz CT molecular complexity index is 960. The molecule has 0 bridgehead atoms. The summed E-state index contributed by atoms with van der Waals surface area (Å²) in [6, 6.07) is 5.39. The zero-order chi connectivity index (χ0) is 22.6. The highest BCUT2D eigenvalue weighted by Crippen LogP contribution is 2.19. The van der Waals surface area contributed by atoms with Crippen molar-refractivity contribution in [3.05, 3.63) is 48.0 Å². The summed E-state index contributed by atoms with van der Waals surface area (Å²) in [6.45, 7) is 4.38. The number of aromatic nitrogens is 3. The van der Waals surface area contributed by atoms with Gasteiger partial charge in [-0.2, -0.15) is 0 Å². The number of pyridine rings is 1. The van der Waals surface area contributed by atoms with Crippen LogP contribution in [0.4, 0.5) is 5.95 Å². The zero-order valence-corrected chi connectivity index (χ0v) is 18.7. The minimum Gasteiger partial charge on any atom is -0.375 e. The predicted molar refractivity (Wildman–Crippen MR) is 127 cm³/mol. The van der Waals surface area contributed by atoms with E-state index in [1.54, 1.807) is 42.2 Å². The van der Waals surface area contributed by atoms with E-state index in [9.17, 15) is 0 Å². The summed E-state index contributed by atoms with van der Waals surface area (Å²) in [5.74, 6) is 1.95. The van der Waals surface area contributed by atoms with Gasteiger partial charge in [-0.1, -0.05) is 46.0 Å². The second-order valence-electron chi connectivity index (χ2n) is 7.48. The molecule has 1 unspecified atom stereocenters. The van der Waals surface area contributed by atoms with Gasteiger partial charge in [0.05, 0.1) is 5.69 Å². The zero-order valence-electron chi connectivity index (χ0n) is 18.7. The summed E-state index contributed by atoms with van der Waals surface area (Å²) in [5.41, 5.74) is 1.73. The van der Waals surface area contributed by atoms with Crippen LogP contribution in [0.3, 0.4) is 0 Å². The van der Waals surface area contributed by atoms with E-state index in [0.717, 1.165) is 18.4 Å². The van der Waals surface area contributed by atoms with E-state index in [4.69, 9.17) is 16.2 Å². The lowest BCUT2D eigenvalue weighted by Crippen LogP contribution is -2.27. The van der Waals surface area contributed by atoms with Crippen LogP contribution in [0, 0.1) is 22.1 Å². The standard InChI is InChI=1S/C23H34N8/c1-4-6-7-8-17(5-2)15-20(25)31-14-11-18(16-21(31)26)19-10-13-28-23(29-19)30-22(27-3)9-12-24/h9-14,16-17,24-27H,4-8,15H2,1-3H3,(H,28,29,30)/b22-9+,24-12?,25-20?,26-21?. The maximum absolute atomic E-state index is 8.51. The number of hydrogen-bond donors (Lipinski definition) is 5. The fraction of sp³-hybridized carbons (Fsp3) is 0.435. The normalized spacial score (nSPS) is 12.3. The first-order chi connectivity index (χ1) is 15.0. The summed E-state index contributed by atoms with van der Waals surface area (Å²) < 4.78 is 1.64. The summed E-state index contributed by atoms with van der Waals surface area (Å²) in [7, 11) is 1.75. The monoisotopic (exact) mass is 422 g/mol. The molecule has 2 heterocycles. The number of nitrogens with one attached hydrogen (secondary N) is 5. The molecule has 0 aliphatic heterocycles. The molecule has 2 aromatic heterocycles. The van der Waals surface area contributed by atoms with Crippen LogP contribution in [0.15, 0.2) is 42.5 Å². The first-order valence-corrected chi connectivity index (χ1v) is 10.9. The molecule has 0 aliphatic carbocycles. The van der Waals surface area contributed by atoms with Gasteiger partial charge in [0.15, 0.2) is 0 Å². The minimum absolute atomic E-state index is 0.263. The third-order valence-corrected chi connectivity index (χ3v) is 5.24. The third kappa shape index (κ3) is 7.16. The summed E-state index contributed by atoms with van der Waals surface area (Å²) in [4.78, 5) is 8.72. The van der Waals surface area contributed by atoms with Crippen LogP contribution in [0.25, 0.3) is 11.3 Å². The second-order valence-corrected chi connectivity index (χ2v) is 7.48. The quantitative estimate of drug-likeness (QED) is 0.198. The molecule has 0 fully saturated rings. The van der Waals surface area contributed by atoms with E-state index in [1.807, 2.05) is 6.07 Å². The van der Waals surface area contributed by atoms with Crippen LogP contribution in [-0.4, -0.2) is 33.6 Å². The van der Waals surface area contributed by atoms with E-state index < -0.39 is 0 Å². The maximum atomic E-state index is 8.51. The largest absolute Gasteiger partial charge is 0.375 e. The number of hydrogen-bond acceptors (Lipinski definition) is 7. The molecule has 2 rings (SSSR count). The van der Waals surface area contributed by atoms with Gasteiger partial charge >= 0.3 is 0 Å². The van der Waals surface area contributed by atoms with Crippen molar-refractivity contribution in [3.8, 4) is 11.3 Å². The SMILES string of the molecule is CCCCCC(CC)CC(=N)n1ccc(-c2ccnc(N/C(=C/C=N)NC)n2)cc1=N. The Hall–Kier alpha value is -3.29. The van der Waals surface area contributed by atoms with E-state index >= 15 is 0 Å². The number of rotatable bonds is 12. The van der Waals surface area contributed by atoms with Gasteiger partial charge in [0, 0.05) is 37.6 Å². The van der Waals surface area contributed by atoms with Crippen LogP contribution >= 0.6 is 0 Å². The van der Waals surface area contributed by atoms with Crippen molar-refractivity contribution in [3.63, 3.8) is 0 Å². The van der Waals surface area contributed by atoms with Crippen LogP contribution in [0.5, 0.6) is 0 Å². The van der Waals surface area contributed by atoms with E-state index in [1.165, 1.54) is 25.5 Å². The van der Waals surface area contributed by atoms with Crippen molar-refractivity contribution in [2.45, 2.75) is 52.4 Å². The molecule has 0 saturated heterocycles. The Balaban J connectivity index is 2.16. The Kier molecular flexibility index (Phi) is 9.61. The van der Waals surface area contributed by atoms with Gasteiger partial charge < -0.3 is 16.0 Å². The van der Waals surface area contributed by atoms with Gasteiger partial charge in [-0.05, 0) is 30.2 Å². The van der Waals surface area contributed by atoms with Crippen molar-refractivity contribution >= 4 is 18.0 Å². The fourth-order valence-electron chi connectivity index (χ4n) is 3.37. The Morgan fingerprint density at radius 2 is 2.06 bits per heavy atom. The van der Waals surface area contributed by atoms with Crippen molar-refractivity contribution in [2.24, 2.45) is 5.92 Å². The van der Waals surface area contributed by atoms with Gasteiger partial charge in [-0.25, -0.2) is 9.97 Å². The first kappa shape index (κ1) is 24.0. The van der Waals surface area contributed by atoms with Crippen LogP contribution in [-0.2, 0) is 0 Å². The van der Waals surface area contributed by atoms with E-state index in [-0.39, 0.29) is 5.49 Å². The molecule has 0 amide bonds. The molecule has 0 saturated carbocycles. The second kappa shape index (κ2) is 12.4. The first-order valence-electron chi connectivity index (χ1n) is 10.9. The van der Waals surface area contributed by atoms with Gasteiger partial charge in [0.25, 0.3) is 0 Å². The molecule has 2 aromatic rings. The highest BCUT2D eigenvalue weighted by atomic mass is 15.2. The van der Waals surface area contributed by atoms with Crippen molar-refractivity contribution in [1.82, 2.24) is 19.9 Å². The molecule has 0 aliphatic rings. The minimum atomic E-state index is 0.263. The molecule has 0 spiro atoms. The number of nitrogens with zero attached hydrogens (tertiary/aromatic N) is 3. The topological polar surface area (TPSA) is 126 Å². The molecule has 31 heavy (non-hydrogen) atoms. The van der Waals surface area contributed by atoms with Gasteiger partial charge in [0.2, 0.25) is 5.95 Å². The smallest absolute Gasteiger partial charge is 0.228 e. The molecule has 8 heteroatoms. The molecule has 8 nitrogen and oxygen atoms in total. The summed E-state index contributed by atoms with van der Waals surface area (Å²) in [5, 5.41) is 30.1. The highest BCUT2D eigenvalue weighted by Gasteiger charge is 2.12. The number of allylic oxidation sites excluding steroid dienone is 1. The van der Waals surface area contributed by atoms with Gasteiger partial charge in [-0.3, -0.25) is 15.4 Å². The molecule has 1 atom stereocenters. The van der Waals surface area contributed by atoms with Gasteiger partial charge in [-0.15, -0.1) is 0 Å². The number of anilines is 1. The van der Waals surface area contributed by atoms with Crippen molar-refractivity contribution in [2.75, 3.05) is 12.4 Å². The third-order valence-electron chi connectivity index (χ3n) is 5.24. The molecular weight excluding hydrogens is 388 g/mol. The lowest BCUT2D eigenvalue weighted by molar-refractivity contribution is 0.454. The Labute approximate surface area is 184 Å². The maximum Gasteiger partial charge on any atom is 0.228 e. The predicted octanol–water partition coefficient (Wildman–Crippen LogP) is 4.37. The summed E-state index contributed by atoms with van der Waals surface area (Å²) in [6.07, 6.45) is 12.7. The Morgan fingerprint density at radius 3 is 2.71 bits per heavy atom. The lowest BCUT2D eigenvalue weighted by Gasteiger charge is -2.17. The van der Waals surface area contributed by atoms with E-state index in [2.05, 4.69) is 34.4 Å². The van der Waals surface area contributed by atoms with Crippen LogP contribution < -0.4 is 16.1 Å². The van der Waals surface area contributed by atoms with Gasteiger partial charge in [0.1, 0.15) is 17.1 Å². The summed E-state index contributed by atoms with van der Waals surface area (Å²) >= 11 is 0. The van der Waals surface area contributed by atoms with E-state index in [0.29, 0.717) is 35.6 Å². The molecule has 166 valence electrons. The molecular formula is C23H34N8. The average molecular weight is 423 g/mol. The fourth-order valence-corrected chi connectivity index (χ4v) is 3.37. The lowest BCUT2D eigenvalue weighted by atomic mass is 9.94. The van der Waals surface area contributed by atoms with Crippen molar-refractivity contribution in [1.29, 1.82) is 16.2 Å². The molecule has 0 aromatic carbocycles. The van der Waals surface area contributed by atoms with Crippen LogP contribution in [0.2, 0.25) is 0 Å². The van der Waals surface area contributed by atoms with Crippen LogP contribution in [0.1, 0.15) is 52.4 Å². The average Bonchev–Trinajstić information content (AvgIpc) is 2.78. The number of unbranched alkanes of at least 4 members (excludes halogenated alkanes) is 2.